The van der Waals surface area contributed by atoms with E-state index in [1.54, 1.807) is 14.2 Å². The van der Waals surface area contributed by atoms with Crippen molar-refractivity contribution in [2.45, 2.75) is 32.6 Å². The largest absolute Gasteiger partial charge is 0.361 e. The lowest BCUT2D eigenvalue weighted by atomic mass is 10.4. The van der Waals surface area contributed by atoms with Crippen LogP contribution in [0.1, 0.15) is 13.8 Å². The van der Waals surface area contributed by atoms with E-state index in [0.717, 1.165) is 6.54 Å². The van der Waals surface area contributed by atoms with E-state index < -0.39 is 0 Å². The molecule has 3 unspecified atom stereocenters. The Hall–Kier alpha value is -0.160. The van der Waals surface area contributed by atoms with Gasteiger partial charge in [0, 0.05) is 20.8 Å². The average Bonchev–Trinajstić information content (AvgIpc) is 2.40. The molecule has 3 atom stereocenters. The molecule has 0 spiro atoms. The van der Waals surface area contributed by atoms with Gasteiger partial charge in [0.2, 0.25) is 0 Å². The zero-order valence-electron chi connectivity index (χ0n) is 8.11. The third-order valence-electron chi connectivity index (χ3n) is 2.20. The molecular weight excluding hydrogens is 158 g/mol. The van der Waals surface area contributed by atoms with Crippen LogP contribution in [-0.2, 0) is 14.2 Å². The van der Waals surface area contributed by atoms with Crippen LogP contribution in [-0.4, -0.2) is 44.4 Å². The van der Waals surface area contributed by atoms with E-state index in [4.69, 9.17) is 14.2 Å². The highest BCUT2D eigenvalue weighted by molar-refractivity contribution is 4.74. The zero-order chi connectivity index (χ0) is 9.14. The molecule has 4 nitrogen and oxygen atoms in total. The molecule has 0 radical (unpaired) electrons. The monoisotopic (exact) mass is 175 g/mol. The van der Waals surface area contributed by atoms with Gasteiger partial charge in [-0.05, 0) is 6.92 Å². The predicted molar refractivity (Wildman–Crippen MR) is 44.5 cm³/mol. The minimum Gasteiger partial charge on any atom is -0.361 e. The maximum Gasteiger partial charge on any atom is 0.199 e. The van der Waals surface area contributed by atoms with Gasteiger partial charge in [0.05, 0.1) is 0 Å². The summed E-state index contributed by atoms with van der Waals surface area (Å²) < 4.78 is 15.9. The lowest BCUT2D eigenvalue weighted by Gasteiger charge is -2.23. The van der Waals surface area contributed by atoms with Crippen molar-refractivity contribution in [3.63, 3.8) is 0 Å². The second kappa shape index (κ2) is 4.18. The molecule has 0 bridgehead atoms. The summed E-state index contributed by atoms with van der Waals surface area (Å²) in [6.45, 7) is 4.97. The molecule has 0 saturated carbocycles. The summed E-state index contributed by atoms with van der Waals surface area (Å²) in [5.41, 5.74) is 0. The van der Waals surface area contributed by atoms with Crippen LogP contribution in [0.2, 0.25) is 0 Å². The molecular formula is C8H17NO3. The van der Waals surface area contributed by atoms with Crippen molar-refractivity contribution in [2.24, 2.45) is 0 Å². The van der Waals surface area contributed by atoms with Crippen molar-refractivity contribution in [3.8, 4) is 0 Å². The van der Waals surface area contributed by atoms with E-state index in [1.165, 1.54) is 0 Å². The van der Waals surface area contributed by atoms with Crippen LogP contribution >= 0.6 is 0 Å². The van der Waals surface area contributed by atoms with Crippen LogP contribution in [0, 0.1) is 0 Å². The highest BCUT2D eigenvalue weighted by Gasteiger charge is 2.39. The van der Waals surface area contributed by atoms with E-state index in [9.17, 15) is 0 Å². The fraction of sp³-hybridized carbons (Fsp3) is 1.00. The minimum atomic E-state index is -0.259. The van der Waals surface area contributed by atoms with Gasteiger partial charge < -0.3 is 14.2 Å². The van der Waals surface area contributed by atoms with Crippen LogP contribution in [0.25, 0.3) is 0 Å². The topological polar surface area (TPSA) is 30.9 Å². The van der Waals surface area contributed by atoms with E-state index >= 15 is 0 Å². The average molecular weight is 175 g/mol. The molecule has 12 heavy (non-hydrogen) atoms. The molecule has 0 N–H and O–H groups in total. The van der Waals surface area contributed by atoms with Crippen molar-refractivity contribution in [1.29, 1.82) is 0 Å². The van der Waals surface area contributed by atoms with E-state index in [1.807, 2.05) is 6.92 Å². The molecule has 1 aliphatic rings. The van der Waals surface area contributed by atoms with Crippen LogP contribution in [0.3, 0.4) is 0 Å². The highest BCUT2D eigenvalue weighted by Crippen LogP contribution is 2.23. The molecule has 0 aromatic heterocycles. The van der Waals surface area contributed by atoms with E-state index in [2.05, 4.69) is 11.8 Å². The third kappa shape index (κ3) is 1.61. The number of rotatable bonds is 3. The Morgan fingerprint density at radius 2 is 2.00 bits per heavy atom. The number of ether oxygens (including phenoxy) is 3. The fourth-order valence-electron chi connectivity index (χ4n) is 1.56. The molecule has 0 aromatic carbocycles. The highest BCUT2D eigenvalue weighted by atomic mass is 16.7. The SMILES string of the molecule is CCN1C(C)OC(OC)C1OC. The van der Waals surface area contributed by atoms with Gasteiger partial charge >= 0.3 is 0 Å². The Kier molecular flexibility index (Phi) is 3.46. The van der Waals surface area contributed by atoms with Crippen LogP contribution in [0.5, 0.6) is 0 Å². The third-order valence-corrected chi connectivity index (χ3v) is 2.20. The van der Waals surface area contributed by atoms with E-state index in [-0.39, 0.29) is 18.7 Å². The number of nitrogens with zero attached hydrogens (tertiary/aromatic N) is 1. The Labute approximate surface area is 73.4 Å². The lowest BCUT2D eigenvalue weighted by Crippen LogP contribution is -2.39. The van der Waals surface area contributed by atoms with Crippen LogP contribution in [0.15, 0.2) is 0 Å². The molecule has 1 fully saturated rings. The van der Waals surface area contributed by atoms with Gasteiger partial charge in [-0.25, -0.2) is 4.90 Å². The summed E-state index contributed by atoms with van der Waals surface area (Å²) in [7, 11) is 3.29. The molecule has 4 heteroatoms. The van der Waals surface area contributed by atoms with Gasteiger partial charge in [-0.2, -0.15) is 0 Å². The molecule has 0 amide bonds. The Morgan fingerprint density at radius 3 is 2.42 bits per heavy atom. The molecule has 1 saturated heterocycles. The van der Waals surface area contributed by atoms with Gasteiger partial charge in [-0.3, -0.25) is 0 Å². The molecule has 0 aliphatic carbocycles. The first-order valence-electron chi connectivity index (χ1n) is 4.21. The predicted octanol–water partition coefficient (Wildman–Crippen LogP) is 0.629. The Bertz CT molecular complexity index is 142. The van der Waals surface area contributed by atoms with Crippen molar-refractivity contribution in [1.82, 2.24) is 4.90 Å². The van der Waals surface area contributed by atoms with Crippen LogP contribution in [0.4, 0.5) is 0 Å². The molecule has 1 heterocycles. The molecule has 0 aromatic rings. The lowest BCUT2D eigenvalue weighted by molar-refractivity contribution is -0.154. The zero-order valence-corrected chi connectivity index (χ0v) is 8.11. The maximum absolute atomic E-state index is 5.50. The number of hydrogen-bond donors (Lipinski definition) is 0. The fourth-order valence-corrected chi connectivity index (χ4v) is 1.56. The van der Waals surface area contributed by atoms with Gasteiger partial charge in [-0.15, -0.1) is 0 Å². The number of hydrogen-bond acceptors (Lipinski definition) is 4. The Morgan fingerprint density at radius 1 is 1.33 bits per heavy atom. The van der Waals surface area contributed by atoms with Gasteiger partial charge in [0.1, 0.15) is 6.23 Å². The summed E-state index contributed by atoms with van der Waals surface area (Å²) in [4.78, 5) is 2.11. The smallest absolute Gasteiger partial charge is 0.199 e. The molecule has 1 rings (SSSR count). The van der Waals surface area contributed by atoms with Gasteiger partial charge in [-0.1, -0.05) is 6.92 Å². The summed E-state index contributed by atoms with van der Waals surface area (Å²) in [5, 5.41) is 0. The summed E-state index contributed by atoms with van der Waals surface area (Å²) in [5.74, 6) is 0. The first kappa shape index (κ1) is 9.92. The van der Waals surface area contributed by atoms with Gasteiger partial charge in [0.15, 0.2) is 12.5 Å². The van der Waals surface area contributed by atoms with Crippen molar-refractivity contribution < 1.29 is 14.2 Å². The first-order chi connectivity index (χ1) is 5.74. The van der Waals surface area contributed by atoms with Gasteiger partial charge in [0.25, 0.3) is 0 Å². The van der Waals surface area contributed by atoms with Crippen molar-refractivity contribution in [3.05, 3.63) is 0 Å². The Balaban J connectivity index is 2.61. The van der Waals surface area contributed by atoms with Crippen molar-refractivity contribution in [2.75, 3.05) is 20.8 Å². The minimum absolute atomic E-state index is 0.0740. The van der Waals surface area contributed by atoms with Crippen molar-refractivity contribution >= 4 is 0 Å². The quantitative estimate of drug-likeness (QED) is 0.629. The first-order valence-corrected chi connectivity index (χ1v) is 4.21. The molecule has 72 valence electrons. The standard InChI is InChI=1S/C8H17NO3/c1-5-9-6(2)12-8(11-4)7(9)10-3/h6-8H,5H2,1-4H3. The molecule has 1 aliphatic heterocycles. The summed E-state index contributed by atoms with van der Waals surface area (Å²) >= 11 is 0. The number of likely N-dealkylation sites (N-methyl/N-ethyl adjacent to an activating group) is 1. The normalized spacial score (nSPS) is 37.5. The summed E-state index contributed by atoms with van der Waals surface area (Å²) in [6, 6.07) is 0. The second-order valence-corrected chi connectivity index (χ2v) is 2.80. The second-order valence-electron chi connectivity index (χ2n) is 2.80. The summed E-state index contributed by atoms with van der Waals surface area (Å²) in [6.07, 6.45) is -0.259. The van der Waals surface area contributed by atoms with Crippen LogP contribution < -0.4 is 0 Å². The number of methoxy groups -OCH3 is 2. The van der Waals surface area contributed by atoms with E-state index in [0.29, 0.717) is 0 Å². The maximum atomic E-state index is 5.50.